The maximum Gasteiger partial charge on any atom is 0.140 e. The monoisotopic (exact) mass is 334 g/mol. The van der Waals surface area contributed by atoms with E-state index in [1.165, 1.54) is 0 Å². The molecule has 5 heteroatoms. The highest BCUT2D eigenvalue weighted by Crippen LogP contribution is 2.25. The number of nitrogens with zero attached hydrogens (tertiary/aromatic N) is 2. The summed E-state index contributed by atoms with van der Waals surface area (Å²) < 4.78 is 11.7. The number of hydrogen-bond donors (Lipinski definition) is 1. The zero-order valence-electron chi connectivity index (χ0n) is 13.7. The topological polar surface area (TPSA) is 78.8 Å². The Labute approximate surface area is 145 Å². The zero-order chi connectivity index (χ0) is 17.5. The molecular formula is C20H18N2O3. The molecular weight excluding hydrogens is 316 g/mol. The molecule has 0 amide bonds. The average Bonchev–Trinajstić information content (AvgIpc) is 2.67. The van der Waals surface area contributed by atoms with E-state index >= 15 is 0 Å². The Kier molecular flexibility index (Phi) is 5.32. The summed E-state index contributed by atoms with van der Waals surface area (Å²) in [5, 5.41) is 22.4. The average molecular weight is 334 g/mol. The van der Waals surface area contributed by atoms with E-state index in [-0.39, 0.29) is 0 Å². The van der Waals surface area contributed by atoms with Crippen LogP contribution in [0, 0.1) is 11.3 Å². The summed E-state index contributed by atoms with van der Waals surface area (Å²) in [4.78, 5) is 0. The van der Waals surface area contributed by atoms with Crippen LogP contribution in [0.5, 0.6) is 5.75 Å². The van der Waals surface area contributed by atoms with Crippen LogP contribution in [0.25, 0.3) is 22.3 Å². The second-order valence-electron chi connectivity index (χ2n) is 5.58. The van der Waals surface area contributed by atoms with Gasteiger partial charge >= 0.3 is 0 Å². The lowest BCUT2D eigenvalue weighted by Crippen LogP contribution is -2.04. The van der Waals surface area contributed by atoms with Crippen LogP contribution >= 0.6 is 0 Å². The molecule has 3 rings (SSSR count). The molecule has 3 aromatic rings. The fraction of sp³-hybridized carbons (Fsp3) is 0.200. The molecule has 0 saturated heterocycles. The Morgan fingerprint density at radius 1 is 1.08 bits per heavy atom. The lowest BCUT2D eigenvalue weighted by Gasteiger charge is -2.08. The molecule has 25 heavy (non-hydrogen) atoms. The van der Waals surface area contributed by atoms with Crippen molar-refractivity contribution in [3.63, 3.8) is 0 Å². The molecule has 0 saturated carbocycles. The summed E-state index contributed by atoms with van der Waals surface area (Å²) in [7, 11) is 0. The maximum absolute atomic E-state index is 9.33. The number of rotatable bonds is 6. The van der Waals surface area contributed by atoms with Gasteiger partial charge in [0.25, 0.3) is 0 Å². The number of hydrogen-bond acceptors (Lipinski definition) is 5. The maximum atomic E-state index is 9.33. The van der Waals surface area contributed by atoms with Crippen LogP contribution < -0.4 is 10.1 Å². The van der Waals surface area contributed by atoms with Gasteiger partial charge in [-0.15, -0.1) is 0 Å². The molecule has 0 aliphatic rings. The van der Waals surface area contributed by atoms with Gasteiger partial charge in [0.15, 0.2) is 0 Å². The van der Waals surface area contributed by atoms with Crippen LogP contribution in [0.4, 0.5) is 0 Å². The first-order chi connectivity index (χ1) is 12.3. The highest BCUT2D eigenvalue weighted by molar-refractivity contribution is 5.79. The van der Waals surface area contributed by atoms with Crippen LogP contribution in [0.3, 0.4) is 0 Å². The molecule has 1 N–H and O–H groups in total. The summed E-state index contributed by atoms with van der Waals surface area (Å²) in [5.41, 5.74) is 1.49. The third-order valence-corrected chi connectivity index (χ3v) is 3.83. The van der Waals surface area contributed by atoms with E-state index in [1.807, 2.05) is 42.5 Å². The highest BCUT2D eigenvalue weighted by atomic mass is 16.5. The van der Waals surface area contributed by atoms with Crippen LogP contribution in [-0.4, -0.2) is 11.8 Å². The lowest BCUT2D eigenvalue weighted by atomic mass is 10.1. The second-order valence-corrected chi connectivity index (χ2v) is 5.58. The number of nitriles is 1. The van der Waals surface area contributed by atoms with Crippen molar-refractivity contribution in [2.75, 3.05) is 6.61 Å². The van der Waals surface area contributed by atoms with Gasteiger partial charge in [-0.1, -0.05) is 35.5 Å². The molecule has 0 fully saturated rings. The van der Waals surface area contributed by atoms with Crippen molar-refractivity contribution in [2.24, 2.45) is 5.16 Å². The molecule has 0 aliphatic heterocycles. The van der Waals surface area contributed by atoms with Crippen LogP contribution in [0.1, 0.15) is 19.3 Å². The molecule has 0 radical (unpaired) electrons. The molecule has 0 unspecified atom stereocenters. The molecule has 0 aliphatic carbocycles. The van der Waals surface area contributed by atoms with Crippen molar-refractivity contribution in [1.82, 2.24) is 0 Å². The van der Waals surface area contributed by atoms with Crippen molar-refractivity contribution in [3.8, 4) is 23.1 Å². The fourth-order valence-corrected chi connectivity index (χ4v) is 2.56. The van der Waals surface area contributed by atoms with Crippen molar-refractivity contribution in [1.29, 1.82) is 5.26 Å². The molecule has 0 atom stereocenters. The van der Waals surface area contributed by atoms with Crippen LogP contribution in [0.15, 0.2) is 64.2 Å². The van der Waals surface area contributed by atoms with Crippen molar-refractivity contribution < 1.29 is 14.4 Å². The van der Waals surface area contributed by atoms with E-state index in [4.69, 9.17) is 14.4 Å². The Morgan fingerprint density at radius 2 is 1.92 bits per heavy atom. The van der Waals surface area contributed by atoms with Crippen molar-refractivity contribution in [3.05, 3.63) is 60.0 Å². The van der Waals surface area contributed by atoms with Crippen molar-refractivity contribution in [2.45, 2.75) is 19.3 Å². The minimum atomic E-state index is 0.445. The van der Waals surface area contributed by atoms with Crippen LogP contribution in [-0.2, 0) is 0 Å². The number of fused-ring (bicyclic) bond motifs is 1. The predicted octanol–water partition coefficient (Wildman–Crippen LogP) is 4.46. The quantitative estimate of drug-likeness (QED) is 0.410. The third-order valence-electron chi connectivity index (χ3n) is 3.83. The first-order valence-electron chi connectivity index (χ1n) is 8.13. The summed E-state index contributed by atoms with van der Waals surface area (Å²) in [6.07, 6.45) is 2.18. The summed E-state index contributed by atoms with van der Waals surface area (Å²) in [6.45, 7) is 0.544. The number of unbranched alkanes of at least 4 members (excludes halogenated alkanes) is 2. The Balaban J connectivity index is 1.91. The van der Waals surface area contributed by atoms with Crippen LogP contribution in [0.2, 0.25) is 0 Å². The van der Waals surface area contributed by atoms with E-state index < -0.39 is 0 Å². The van der Waals surface area contributed by atoms with Gasteiger partial charge in [-0.05, 0) is 25.0 Å². The van der Waals surface area contributed by atoms with Gasteiger partial charge in [0, 0.05) is 29.5 Å². The molecule has 2 aromatic carbocycles. The smallest absolute Gasteiger partial charge is 0.140 e. The minimum Gasteiger partial charge on any atom is -0.493 e. The summed E-state index contributed by atoms with van der Waals surface area (Å²) in [6, 6.07) is 18.9. The van der Waals surface area contributed by atoms with Gasteiger partial charge in [0.05, 0.1) is 12.7 Å². The standard InChI is InChI=1S/C20H18N2O3/c21-11-5-2-6-12-24-16-9-10-17-18(22-23)14-19(25-20(17)13-16)15-7-3-1-4-8-15/h1,3-4,7-10,13-14,23H,2,5-6,12H2. The van der Waals surface area contributed by atoms with E-state index in [2.05, 4.69) is 11.2 Å². The van der Waals surface area contributed by atoms with Gasteiger partial charge in [-0.2, -0.15) is 5.26 Å². The van der Waals surface area contributed by atoms with Gasteiger partial charge in [-0.25, -0.2) is 0 Å². The molecule has 0 spiro atoms. The first kappa shape index (κ1) is 16.6. The zero-order valence-corrected chi connectivity index (χ0v) is 13.7. The number of benzene rings is 2. The highest BCUT2D eigenvalue weighted by Gasteiger charge is 2.07. The SMILES string of the molecule is N#CCCCCOc1ccc2c(=NO)cc(-c3ccccc3)oc2c1. The summed E-state index contributed by atoms with van der Waals surface area (Å²) in [5.74, 6) is 1.30. The molecule has 126 valence electrons. The lowest BCUT2D eigenvalue weighted by molar-refractivity contribution is 0.302. The molecule has 5 nitrogen and oxygen atoms in total. The first-order valence-corrected chi connectivity index (χ1v) is 8.13. The largest absolute Gasteiger partial charge is 0.493 e. The van der Waals surface area contributed by atoms with E-state index in [9.17, 15) is 5.21 Å². The Hall–Kier alpha value is -3.26. The van der Waals surface area contributed by atoms with E-state index in [1.54, 1.807) is 12.1 Å². The minimum absolute atomic E-state index is 0.445. The summed E-state index contributed by atoms with van der Waals surface area (Å²) >= 11 is 0. The molecule has 1 aromatic heterocycles. The predicted molar refractivity (Wildman–Crippen MR) is 94.0 cm³/mol. The van der Waals surface area contributed by atoms with Crippen molar-refractivity contribution >= 4 is 11.0 Å². The van der Waals surface area contributed by atoms with Gasteiger partial charge in [0.2, 0.25) is 0 Å². The van der Waals surface area contributed by atoms with Gasteiger partial charge in [-0.3, -0.25) is 0 Å². The Morgan fingerprint density at radius 3 is 2.68 bits per heavy atom. The Bertz CT molecular complexity index is 956. The van der Waals surface area contributed by atoms with Gasteiger partial charge < -0.3 is 14.4 Å². The third kappa shape index (κ3) is 3.99. The normalized spacial score (nSPS) is 11.4. The van der Waals surface area contributed by atoms with E-state index in [0.29, 0.717) is 40.9 Å². The van der Waals surface area contributed by atoms with Gasteiger partial charge in [0.1, 0.15) is 22.5 Å². The fourth-order valence-electron chi connectivity index (χ4n) is 2.56. The second kappa shape index (κ2) is 8.02. The molecule has 1 heterocycles. The number of ether oxygens (including phenoxy) is 1. The van der Waals surface area contributed by atoms with E-state index in [0.717, 1.165) is 18.4 Å². The molecule has 0 bridgehead atoms.